The monoisotopic (exact) mass is 615 g/mol. The van der Waals surface area contributed by atoms with E-state index in [1.165, 1.54) is 23.8 Å². The van der Waals surface area contributed by atoms with Gasteiger partial charge in [-0.05, 0) is 80.4 Å². The molecule has 3 atom stereocenters. The standard InChI is InChI=1S/C17H15NO.C10H10O.C9H8O.2CO2/c1-3-17(11-9-16(19)14(2)13-17)18-12-10-15-7-5-4-6-8-15;1-4-10(3)6-5-9(11)8(2)7-10;1-3-8-4-5-9(10)7(2)6-8;2*2-1-3/h1,4-9,11-13H,10H2,2H3;1,5-7H,2-3H3;1,4-6,8H,2H3;;. The predicted molar refractivity (Wildman–Crippen MR) is 173 cm³/mol. The Labute approximate surface area is 269 Å². The Morgan fingerprint density at radius 2 is 1.28 bits per heavy atom. The van der Waals surface area contributed by atoms with Gasteiger partial charge in [-0.25, -0.2) is 0 Å². The Morgan fingerprint density at radius 1 is 0.761 bits per heavy atom. The summed E-state index contributed by atoms with van der Waals surface area (Å²) in [6.45, 7) is 7.21. The van der Waals surface area contributed by atoms with Gasteiger partial charge in [-0.1, -0.05) is 72.4 Å². The maximum absolute atomic E-state index is 11.4. The van der Waals surface area contributed by atoms with E-state index in [1.807, 2.05) is 43.3 Å². The Hall–Kier alpha value is -6.22. The highest BCUT2D eigenvalue weighted by Gasteiger charge is 2.24. The van der Waals surface area contributed by atoms with E-state index < -0.39 is 5.54 Å². The van der Waals surface area contributed by atoms with Gasteiger partial charge in [-0.3, -0.25) is 19.4 Å². The number of ketones is 3. The molecule has 46 heavy (non-hydrogen) atoms. The number of hydrogen-bond acceptors (Lipinski definition) is 8. The van der Waals surface area contributed by atoms with E-state index in [4.69, 9.17) is 38.4 Å². The van der Waals surface area contributed by atoms with Gasteiger partial charge >= 0.3 is 12.3 Å². The molecule has 3 unspecified atom stereocenters. The Kier molecular flexibility index (Phi) is 17.9. The van der Waals surface area contributed by atoms with Gasteiger partial charge in [0.25, 0.3) is 0 Å². The quantitative estimate of drug-likeness (QED) is 0.358. The van der Waals surface area contributed by atoms with Crippen LogP contribution < -0.4 is 0 Å². The van der Waals surface area contributed by atoms with E-state index in [1.54, 1.807) is 57.4 Å². The molecule has 3 aliphatic carbocycles. The van der Waals surface area contributed by atoms with E-state index >= 15 is 0 Å². The van der Waals surface area contributed by atoms with Crippen LogP contribution in [-0.4, -0.2) is 41.4 Å². The zero-order chi connectivity index (χ0) is 35.2. The highest BCUT2D eigenvalue weighted by Crippen LogP contribution is 2.25. The van der Waals surface area contributed by atoms with Crippen molar-refractivity contribution in [3.8, 4) is 37.0 Å². The molecule has 8 heteroatoms. The van der Waals surface area contributed by atoms with Gasteiger partial charge in [-0.2, -0.15) is 19.2 Å². The topological polar surface area (TPSA) is 132 Å². The minimum Gasteiger partial charge on any atom is -0.290 e. The third-order valence-corrected chi connectivity index (χ3v) is 6.28. The van der Waals surface area contributed by atoms with Gasteiger partial charge in [-0.15, -0.1) is 19.3 Å². The summed E-state index contributed by atoms with van der Waals surface area (Å²) in [7, 11) is 0. The molecule has 0 heterocycles. The molecule has 232 valence electrons. The molecule has 0 radical (unpaired) electrons. The third kappa shape index (κ3) is 14.3. The highest BCUT2D eigenvalue weighted by molar-refractivity contribution is 6.06. The Balaban J connectivity index is 0.000000642. The Morgan fingerprint density at radius 3 is 1.74 bits per heavy atom. The summed E-state index contributed by atoms with van der Waals surface area (Å²) < 4.78 is 0. The minimum atomic E-state index is -0.813. The predicted octanol–water partition coefficient (Wildman–Crippen LogP) is 4.62. The molecule has 0 aliphatic heterocycles. The molecule has 3 aliphatic rings. The van der Waals surface area contributed by atoms with Crippen LogP contribution in [0.4, 0.5) is 0 Å². The molecular weight excluding hydrogens is 582 g/mol. The number of hydrogen-bond donors (Lipinski definition) is 0. The van der Waals surface area contributed by atoms with Crippen LogP contribution in [0, 0.1) is 48.4 Å². The molecule has 0 saturated carbocycles. The summed E-state index contributed by atoms with van der Waals surface area (Å²) >= 11 is 0. The number of benzene rings is 1. The van der Waals surface area contributed by atoms with Crippen molar-refractivity contribution in [2.75, 3.05) is 0 Å². The van der Waals surface area contributed by atoms with Crippen LogP contribution >= 0.6 is 0 Å². The second kappa shape index (κ2) is 20.6. The van der Waals surface area contributed by atoms with Crippen LogP contribution in [-0.2, 0) is 40.0 Å². The maximum Gasteiger partial charge on any atom is 0.373 e. The molecule has 0 aromatic heterocycles. The average Bonchev–Trinajstić information content (AvgIpc) is 3.04. The van der Waals surface area contributed by atoms with E-state index in [0.29, 0.717) is 5.57 Å². The van der Waals surface area contributed by atoms with Gasteiger partial charge in [0.05, 0.1) is 11.3 Å². The SMILES string of the molecule is C#CC1(C)C=CC(=O)C(C)=C1.C#CC1(N=CCc2ccccc2)C=CC(=O)C(C)=C1.C#CC1C=CC(=O)C(C)=C1.O=C=O.O=C=O. The molecule has 0 bridgehead atoms. The highest BCUT2D eigenvalue weighted by atomic mass is 16.2. The Bertz CT molecular complexity index is 1670. The van der Waals surface area contributed by atoms with Crippen LogP contribution in [0.1, 0.15) is 33.3 Å². The lowest BCUT2D eigenvalue weighted by molar-refractivity contribution is -0.193. The number of allylic oxidation sites excluding steroid dienone is 10. The van der Waals surface area contributed by atoms with E-state index in [2.05, 4.69) is 22.8 Å². The molecule has 1 aromatic rings. The second-order valence-corrected chi connectivity index (χ2v) is 9.88. The lowest BCUT2D eigenvalue weighted by atomic mass is 9.84. The molecule has 0 N–H and O–H groups in total. The molecule has 4 rings (SSSR count). The van der Waals surface area contributed by atoms with Crippen molar-refractivity contribution in [3.63, 3.8) is 0 Å². The number of carbonyl (C=O) groups is 3. The van der Waals surface area contributed by atoms with Crippen molar-refractivity contribution >= 4 is 35.9 Å². The lowest BCUT2D eigenvalue weighted by Crippen LogP contribution is -2.23. The number of carbonyl (C=O) groups excluding carboxylic acids is 7. The lowest BCUT2D eigenvalue weighted by Gasteiger charge is -2.19. The third-order valence-electron chi connectivity index (χ3n) is 6.28. The molecule has 8 nitrogen and oxygen atoms in total. The van der Waals surface area contributed by atoms with Crippen molar-refractivity contribution in [1.82, 2.24) is 0 Å². The summed E-state index contributed by atoms with van der Waals surface area (Å²) in [5.41, 5.74) is 2.11. The minimum absolute atomic E-state index is 0.0101. The normalized spacial score (nSPS) is 21.8. The van der Waals surface area contributed by atoms with E-state index in [9.17, 15) is 14.4 Å². The first-order valence-electron chi connectivity index (χ1n) is 13.5. The van der Waals surface area contributed by atoms with Crippen molar-refractivity contribution < 1.29 is 33.6 Å². The number of nitrogens with zero attached hydrogens (tertiary/aromatic N) is 1. The first-order chi connectivity index (χ1) is 21.8. The molecule has 0 fully saturated rings. The van der Waals surface area contributed by atoms with Crippen molar-refractivity contribution in [1.29, 1.82) is 0 Å². The molecular formula is C38H33NO7. The van der Waals surface area contributed by atoms with Gasteiger partial charge < -0.3 is 0 Å². The average molecular weight is 616 g/mol. The van der Waals surface area contributed by atoms with Crippen molar-refractivity contribution in [3.05, 3.63) is 107 Å². The van der Waals surface area contributed by atoms with Crippen LogP contribution in [0.25, 0.3) is 0 Å². The van der Waals surface area contributed by atoms with Crippen LogP contribution in [0.15, 0.2) is 107 Å². The summed E-state index contributed by atoms with van der Waals surface area (Å²) in [4.78, 5) is 70.2. The molecule has 1 aromatic carbocycles. The number of rotatable bonds is 3. The zero-order valence-corrected chi connectivity index (χ0v) is 26.0. The first kappa shape index (κ1) is 39.8. The van der Waals surface area contributed by atoms with Crippen LogP contribution in [0.5, 0.6) is 0 Å². The molecule has 0 amide bonds. The smallest absolute Gasteiger partial charge is 0.290 e. The summed E-state index contributed by atoms with van der Waals surface area (Å²) in [5.74, 6) is 7.91. The fourth-order valence-corrected chi connectivity index (χ4v) is 3.78. The van der Waals surface area contributed by atoms with Gasteiger partial charge in [0.15, 0.2) is 22.9 Å². The van der Waals surface area contributed by atoms with Crippen LogP contribution in [0.3, 0.4) is 0 Å². The summed E-state index contributed by atoms with van der Waals surface area (Å²) in [6, 6.07) is 10.0. The molecule has 0 spiro atoms. The van der Waals surface area contributed by atoms with Gasteiger partial charge in [0, 0.05) is 12.6 Å². The zero-order valence-electron chi connectivity index (χ0n) is 26.0. The fourth-order valence-electron chi connectivity index (χ4n) is 3.78. The number of terminal acetylenes is 3. The summed E-state index contributed by atoms with van der Waals surface area (Å²) in [5, 5.41) is 0. The number of aliphatic imine (C=N–C) groups is 1. The maximum atomic E-state index is 11.4. The fraction of sp³-hybridized carbons (Fsp3) is 0.211. The van der Waals surface area contributed by atoms with Gasteiger partial charge in [0.1, 0.15) is 0 Å². The largest absolute Gasteiger partial charge is 0.373 e. The molecule has 0 saturated heterocycles. The first-order valence-corrected chi connectivity index (χ1v) is 13.5. The summed E-state index contributed by atoms with van der Waals surface area (Å²) in [6.07, 6.45) is 34.1. The van der Waals surface area contributed by atoms with Crippen molar-refractivity contribution in [2.45, 2.75) is 39.7 Å². The second-order valence-electron chi connectivity index (χ2n) is 9.88. The van der Waals surface area contributed by atoms with Crippen LogP contribution in [0.2, 0.25) is 0 Å². The van der Waals surface area contributed by atoms with E-state index in [0.717, 1.165) is 17.6 Å². The van der Waals surface area contributed by atoms with E-state index in [-0.39, 0.29) is 41.0 Å². The van der Waals surface area contributed by atoms with Crippen molar-refractivity contribution in [2.24, 2.45) is 16.3 Å². The van der Waals surface area contributed by atoms with Gasteiger partial charge in [0.2, 0.25) is 0 Å².